The number of amides is 4. The Morgan fingerprint density at radius 1 is 1.41 bits per heavy atom. The number of hydrogen-bond acceptors (Lipinski definition) is 6. The van der Waals surface area contributed by atoms with Gasteiger partial charge < -0.3 is 15.4 Å². The second-order valence-electron chi connectivity index (χ2n) is 6.37. The van der Waals surface area contributed by atoms with Gasteiger partial charge in [0.15, 0.2) is 6.10 Å². The second kappa shape index (κ2) is 7.63. The Morgan fingerprint density at radius 3 is 2.59 bits per heavy atom. The van der Waals surface area contributed by atoms with Crippen LogP contribution in [0.4, 0.5) is 10.5 Å². The Bertz CT molecular complexity index is 861. The first kappa shape index (κ1) is 20.2. The second-order valence-corrected chi connectivity index (χ2v) is 6.78. The highest BCUT2D eigenvalue weighted by atomic mass is 35.5. The van der Waals surface area contributed by atoms with E-state index in [0.29, 0.717) is 5.69 Å². The molecule has 27 heavy (non-hydrogen) atoms. The molecule has 1 unspecified atom stereocenters. The number of esters is 1. The van der Waals surface area contributed by atoms with Crippen molar-refractivity contribution in [1.82, 2.24) is 10.2 Å². The number of nitriles is 1. The van der Waals surface area contributed by atoms with Crippen molar-refractivity contribution in [3.05, 3.63) is 28.8 Å². The Labute approximate surface area is 160 Å². The van der Waals surface area contributed by atoms with Gasteiger partial charge in [0, 0.05) is 5.69 Å². The lowest BCUT2D eigenvalue weighted by Crippen LogP contribution is -2.42. The molecule has 4 amide bonds. The molecule has 2 rings (SSSR count). The minimum atomic E-state index is -1.18. The number of carbonyl (C=O) groups excluding carboxylic acids is 4. The van der Waals surface area contributed by atoms with Crippen LogP contribution < -0.4 is 10.6 Å². The van der Waals surface area contributed by atoms with Gasteiger partial charge >= 0.3 is 12.0 Å². The monoisotopic (exact) mass is 392 g/mol. The maximum absolute atomic E-state index is 12.1. The summed E-state index contributed by atoms with van der Waals surface area (Å²) in [6.07, 6.45) is -1.18. The molecule has 9 nitrogen and oxygen atoms in total. The molecule has 1 heterocycles. The summed E-state index contributed by atoms with van der Waals surface area (Å²) >= 11 is 5.89. The highest BCUT2D eigenvalue weighted by molar-refractivity contribution is 6.32. The minimum Gasteiger partial charge on any atom is -0.451 e. The highest BCUT2D eigenvalue weighted by Crippen LogP contribution is 2.20. The number of benzene rings is 1. The number of nitrogens with one attached hydrogen (secondary N) is 2. The van der Waals surface area contributed by atoms with Crippen molar-refractivity contribution in [3.63, 3.8) is 0 Å². The van der Waals surface area contributed by atoms with Crippen LogP contribution in [0.2, 0.25) is 5.02 Å². The molecule has 10 heteroatoms. The third-order valence-corrected chi connectivity index (χ3v) is 4.08. The van der Waals surface area contributed by atoms with Crippen LogP contribution in [0.3, 0.4) is 0 Å². The van der Waals surface area contributed by atoms with Crippen LogP contribution in [0.5, 0.6) is 0 Å². The molecule has 1 fully saturated rings. The summed E-state index contributed by atoms with van der Waals surface area (Å²) in [6.45, 7) is 3.76. The predicted molar refractivity (Wildman–Crippen MR) is 94.7 cm³/mol. The maximum Gasteiger partial charge on any atom is 0.327 e. The molecular weight excluding hydrogens is 376 g/mol. The average molecular weight is 393 g/mol. The number of ether oxygens (including phenoxy) is 1. The van der Waals surface area contributed by atoms with E-state index in [-0.39, 0.29) is 10.6 Å². The third-order valence-electron chi connectivity index (χ3n) is 3.77. The van der Waals surface area contributed by atoms with E-state index in [1.165, 1.54) is 39.0 Å². The van der Waals surface area contributed by atoms with Gasteiger partial charge in [0.2, 0.25) is 0 Å². The van der Waals surface area contributed by atoms with Crippen LogP contribution in [0, 0.1) is 11.3 Å². The fraction of sp³-hybridized carbons (Fsp3) is 0.353. The zero-order chi connectivity index (χ0) is 20.4. The highest BCUT2D eigenvalue weighted by Gasteiger charge is 2.45. The van der Waals surface area contributed by atoms with E-state index in [2.05, 4.69) is 10.6 Å². The number of nitrogens with zero attached hydrogens (tertiary/aromatic N) is 2. The number of rotatable bonds is 5. The quantitative estimate of drug-likeness (QED) is 0.575. The minimum absolute atomic E-state index is 0.168. The fourth-order valence-corrected chi connectivity index (χ4v) is 2.53. The summed E-state index contributed by atoms with van der Waals surface area (Å²) in [4.78, 5) is 48.6. The van der Waals surface area contributed by atoms with Gasteiger partial charge in [0.05, 0.1) is 10.6 Å². The Hall–Kier alpha value is -3.12. The van der Waals surface area contributed by atoms with Crippen molar-refractivity contribution >= 4 is 41.1 Å². The number of anilines is 1. The Balaban J connectivity index is 1.93. The number of carbonyl (C=O) groups is 4. The van der Waals surface area contributed by atoms with Gasteiger partial charge in [-0.15, -0.1) is 0 Å². The fourth-order valence-electron chi connectivity index (χ4n) is 2.31. The first-order valence-electron chi connectivity index (χ1n) is 7.89. The molecule has 142 valence electrons. The summed E-state index contributed by atoms with van der Waals surface area (Å²) < 4.78 is 4.98. The van der Waals surface area contributed by atoms with Gasteiger partial charge in [-0.05, 0) is 39.0 Å². The van der Waals surface area contributed by atoms with E-state index in [9.17, 15) is 19.2 Å². The third kappa shape index (κ3) is 4.54. The van der Waals surface area contributed by atoms with Gasteiger partial charge in [0.25, 0.3) is 11.8 Å². The average Bonchev–Trinajstić information content (AvgIpc) is 2.76. The van der Waals surface area contributed by atoms with Crippen LogP contribution in [0.1, 0.15) is 26.3 Å². The van der Waals surface area contributed by atoms with Crippen LogP contribution in [-0.4, -0.2) is 46.9 Å². The molecule has 0 aromatic heterocycles. The SMILES string of the molecule is CC(OC(=O)CN1C(=O)NC(C)(C)C1=O)C(=O)Nc1ccc(C#N)c(Cl)c1. The topological polar surface area (TPSA) is 129 Å². The summed E-state index contributed by atoms with van der Waals surface area (Å²) in [5.74, 6) is -2.10. The predicted octanol–water partition coefficient (Wildman–Crippen LogP) is 1.41. The van der Waals surface area contributed by atoms with Crippen LogP contribution in [0.15, 0.2) is 18.2 Å². The smallest absolute Gasteiger partial charge is 0.327 e. The zero-order valence-electron chi connectivity index (χ0n) is 14.8. The van der Waals surface area contributed by atoms with Crippen LogP contribution >= 0.6 is 11.6 Å². The first-order chi connectivity index (χ1) is 12.5. The largest absolute Gasteiger partial charge is 0.451 e. The Kier molecular flexibility index (Phi) is 5.71. The van der Waals surface area contributed by atoms with Gasteiger partial charge in [0.1, 0.15) is 18.2 Å². The first-order valence-corrected chi connectivity index (χ1v) is 8.27. The lowest BCUT2D eigenvalue weighted by atomic mass is 10.1. The van der Waals surface area contributed by atoms with Crippen molar-refractivity contribution in [2.75, 3.05) is 11.9 Å². The van der Waals surface area contributed by atoms with E-state index in [1.807, 2.05) is 6.07 Å². The molecule has 0 bridgehead atoms. The maximum atomic E-state index is 12.1. The molecule has 1 aliphatic rings. The summed E-state index contributed by atoms with van der Waals surface area (Å²) in [5.41, 5.74) is -0.525. The molecule has 1 aromatic rings. The molecule has 1 aromatic carbocycles. The van der Waals surface area contributed by atoms with Crippen molar-refractivity contribution < 1.29 is 23.9 Å². The molecule has 0 radical (unpaired) electrons. The van der Waals surface area contributed by atoms with Gasteiger partial charge in [-0.3, -0.25) is 19.3 Å². The summed E-state index contributed by atoms with van der Waals surface area (Å²) in [7, 11) is 0. The molecule has 0 aliphatic carbocycles. The van der Waals surface area contributed by atoms with Gasteiger partial charge in [-0.25, -0.2) is 4.79 Å². The molecule has 1 aliphatic heterocycles. The molecule has 1 atom stereocenters. The van der Waals surface area contributed by atoms with E-state index >= 15 is 0 Å². The van der Waals surface area contributed by atoms with Crippen molar-refractivity contribution in [2.45, 2.75) is 32.4 Å². The molecule has 0 saturated carbocycles. The van der Waals surface area contributed by atoms with Crippen LogP contribution in [0.25, 0.3) is 0 Å². The van der Waals surface area contributed by atoms with Crippen molar-refractivity contribution in [2.24, 2.45) is 0 Å². The van der Waals surface area contributed by atoms with E-state index in [0.717, 1.165) is 4.90 Å². The van der Waals surface area contributed by atoms with Crippen molar-refractivity contribution in [1.29, 1.82) is 5.26 Å². The number of halogens is 1. The zero-order valence-corrected chi connectivity index (χ0v) is 15.6. The summed E-state index contributed by atoms with van der Waals surface area (Å²) in [5, 5.41) is 13.9. The molecular formula is C17H17ClN4O5. The lowest BCUT2D eigenvalue weighted by molar-refractivity contribution is -0.155. The van der Waals surface area contributed by atoms with E-state index in [1.54, 1.807) is 0 Å². The lowest BCUT2D eigenvalue weighted by Gasteiger charge is -2.17. The number of imide groups is 1. The Morgan fingerprint density at radius 2 is 2.07 bits per heavy atom. The molecule has 1 saturated heterocycles. The standard InChI is InChI=1S/C17H17ClN4O5/c1-9(14(24)20-11-5-4-10(7-19)12(18)6-11)27-13(23)8-22-15(25)17(2,3)21-16(22)26/h4-6,9H,8H2,1-3H3,(H,20,24)(H,21,26). The number of urea groups is 1. The number of hydrogen-bond donors (Lipinski definition) is 2. The van der Waals surface area contributed by atoms with Gasteiger partial charge in [-0.2, -0.15) is 5.26 Å². The summed E-state index contributed by atoms with van der Waals surface area (Å²) in [6, 6.07) is 5.50. The van der Waals surface area contributed by atoms with Crippen molar-refractivity contribution in [3.8, 4) is 6.07 Å². The van der Waals surface area contributed by atoms with Gasteiger partial charge in [-0.1, -0.05) is 11.6 Å². The van der Waals surface area contributed by atoms with E-state index in [4.69, 9.17) is 21.6 Å². The normalized spacial score (nSPS) is 16.3. The van der Waals surface area contributed by atoms with Crippen LogP contribution in [-0.2, 0) is 19.1 Å². The molecule has 0 spiro atoms. The molecule has 2 N–H and O–H groups in total. The van der Waals surface area contributed by atoms with E-state index < -0.39 is 42.0 Å².